The van der Waals surface area contributed by atoms with Gasteiger partial charge >= 0.3 is 0 Å². The molecule has 2 aromatic heterocycles. The van der Waals surface area contributed by atoms with Crippen LogP contribution < -0.4 is 9.47 Å². The maximum absolute atomic E-state index is 12.6. The topological polar surface area (TPSA) is 44.2 Å². The minimum absolute atomic E-state index is 0.664. The van der Waals surface area contributed by atoms with E-state index >= 15 is 0 Å². The molecule has 0 spiro atoms. The SMILES string of the molecule is CCCCCCCCOc1ccc(/C=C/c2ccncc2)cc1.CCCCCCCCOc1ccc(/C=C/c2ccncc2)cc1.Fc1c(F)c(I)c(F)c(F)c1I. The van der Waals surface area contributed by atoms with Crippen LogP contribution in [0.15, 0.2) is 97.6 Å². The van der Waals surface area contributed by atoms with E-state index in [1.54, 1.807) is 24.8 Å². The second kappa shape index (κ2) is 29.4. The molecular weight excluding hydrogens is 966 g/mol. The lowest BCUT2D eigenvalue weighted by atomic mass is 10.1. The van der Waals surface area contributed by atoms with Crippen LogP contribution in [0.3, 0.4) is 0 Å². The molecule has 0 aliphatic heterocycles. The van der Waals surface area contributed by atoms with E-state index in [9.17, 15) is 17.6 Å². The quantitative estimate of drug-likeness (QED) is 0.0256. The number of rotatable bonds is 20. The summed E-state index contributed by atoms with van der Waals surface area (Å²) in [5.74, 6) is -3.48. The molecule has 5 rings (SSSR count). The minimum Gasteiger partial charge on any atom is -0.494 e. The van der Waals surface area contributed by atoms with Crippen molar-refractivity contribution < 1.29 is 27.0 Å². The van der Waals surface area contributed by atoms with Crippen LogP contribution in [0.4, 0.5) is 17.6 Å². The van der Waals surface area contributed by atoms with Crippen LogP contribution in [0.25, 0.3) is 24.3 Å². The lowest BCUT2D eigenvalue weighted by molar-refractivity contribution is 0.304. The summed E-state index contributed by atoms with van der Waals surface area (Å²) in [5, 5.41) is 0. The van der Waals surface area contributed by atoms with Gasteiger partial charge in [0.25, 0.3) is 0 Å². The second-order valence-electron chi connectivity index (χ2n) is 13.5. The van der Waals surface area contributed by atoms with E-state index in [0.717, 1.165) is 48.7 Å². The molecule has 0 unspecified atom stereocenters. The van der Waals surface area contributed by atoms with Gasteiger partial charge in [0.15, 0.2) is 23.3 Å². The molecule has 0 aliphatic carbocycles. The van der Waals surface area contributed by atoms with E-state index in [1.807, 2.05) is 48.5 Å². The lowest BCUT2D eigenvalue weighted by Crippen LogP contribution is -2.02. The van der Waals surface area contributed by atoms with Gasteiger partial charge in [-0.1, -0.05) is 127 Å². The van der Waals surface area contributed by atoms with E-state index in [1.165, 1.54) is 121 Å². The zero-order valence-corrected chi connectivity index (χ0v) is 37.7. The first-order chi connectivity index (χ1) is 28.2. The molecule has 0 aliphatic rings. The molecule has 310 valence electrons. The predicted octanol–water partition coefficient (Wildman–Crippen LogP) is 15.4. The highest BCUT2D eigenvalue weighted by Crippen LogP contribution is 2.26. The third-order valence-corrected chi connectivity index (χ3v) is 10.7. The molecule has 10 heteroatoms. The summed E-state index contributed by atoms with van der Waals surface area (Å²) >= 11 is 2.41. The van der Waals surface area contributed by atoms with Gasteiger partial charge < -0.3 is 9.47 Å². The normalized spacial score (nSPS) is 10.9. The van der Waals surface area contributed by atoms with Gasteiger partial charge in [-0.2, -0.15) is 0 Å². The fraction of sp³-hybridized carbons (Fsp3) is 0.333. The Hall–Kier alpha value is -3.78. The highest BCUT2D eigenvalue weighted by atomic mass is 127. The molecule has 58 heavy (non-hydrogen) atoms. The molecule has 0 saturated carbocycles. The summed E-state index contributed by atoms with van der Waals surface area (Å²) in [4.78, 5) is 8.04. The maximum atomic E-state index is 12.6. The Balaban J connectivity index is 0.000000245. The second-order valence-corrected chi connectivity index (χ2v) is 15.6. The number of hydrogen-bond acceptors (Lipinski definition) is 4. The summed E-state index contributed by atoms with van der Waals surface area (Å²) in [6, 6.07) is 24.5. The standard InChI is InChI=1S/2C21H27NO.C6F4I2/c2*1-2-3-4-5-6-7-18-23-21-12-10-19(11-13-21)8-9-20-14-16-22-17-15-20;7-1-2(8)6(12)4(10)3(9)5(1)11/h2*8-17H,2-7,18H2,1H3;/b2*9-8+;. The number of nitrogens with zero attached hydrogens (tertiary/aromatic N) is 2. The Bertz CT molecular complexity index is 1700. The summed E-state index contributed by atoms with van der Waals surface area (Å²) in [6.45, 7) is 6.13. The molecule has 0 fully saturated rings. The molecule has 0 saturated heterocycles. The van der Waals surface area contributed by atoms with Crippen LogP contribution in [0.2, 0.25) is 0 Å². The number of ether oxygens (including phenoxy) is 2. The average molecular weight is 1020 g/mol. The minimum atomic E-state index is -1.35. The van der Waals surface area contributed by atoms with Gasteiger partial charge in [0.1, 0.15) is 11.5 Å². The highest BCUT2D eigenvalue weighted by Gasteiger charge is 2.21. The zero-order valence-electron chi connectivity index (χ0n) is 33.4. The van der Waals surface area contributed by atoms with Crippen molar-refractivity contribution in [2.45, 2.75) is 90.9 Å². The number of benzene rings is 3. The van der Waals surface area contributed by atoms with Crippen molar-refractivity contribution in [1.29, 1.82) is 0 Å². The first kappa shape index (κ1) is 48.6. The monoisotopic (exact) mass is 1020 g/mol. The summed E-state index contributed by atoms with van der Waals surface area (Å²) in [6.07, 6.45) is 31.1. The number of aromatic nitrogens is 2. The first-order valence-electron chi connectivity index (χ1n) is 20.0. The van der Waals surface area contributed by atoms with Crippen molar-refractivity contribution in [2.75, 3.05) is 13.2 Å². The zero-order chi connectivity index (χ0) is 41.8. The molecule has 0 radical (unpaired) electrons. The summed E-state index contributed by atoms with van der Waals surface area (Å²) in [7, 11) is 0. The lowest BCUT2D eigenvalue weighted by Gasteiger charge is -2.06. The number of hydrogen-bond donors (Lipinski definition) is 0. The maximum Gasteiger partial charge on any atom is 0.176 e. The van der Waals surface area contributed by atoms with E-state index in [4.69, 9.17) is 9.47 Å². The Morgan fingerprint density at radius 2 is 0.690 bits per heavy atom. The molecule has 4 nitrogen and oxygen atoms in total. The fourth-order valence-electron chi connectivity index (χ4n) is 5.41. The third kappa shape index (κ3) is 19.3. The average Bonchev–Trinajstić information content (AvgIpc) is 3.27. The van der Waals surface area contributed by atoms with E-state index in [2.05, 4.69) is 72.4 Å². The smallest absolute Gasteiger partial charge is 0.176 e. The van der Waals surface area contributed by atoms with Crippen LogP contribution in [0.1, 0.15) is 113 Å². The Labute approximate surface area is 369 Å². The van der Waals surface area contributed by atoms with E-state index in [-0.39, 0.29) is 0 Å². The van der Waals surface area contributed by atoms with Gasteiger partial charge in [0.05, 0.1) is 20.4 Å². The molecule has 0 atom stereocenters. The van der Waals surface area contributed by atoms with Crippen LogP contribution in [-0.4, -0.2) is 23.2 Å². The van der Waals surface area contributed by atoms with Gasteiger partial charge in [-0.15, -0.1) is 0 Å². The van der Waals surface area contributed by atoms with E-state index in [0.29, 0.717) is 0 Å². The first-order valence-corrected chi connectivity index (χ1v) is 22.2. The Kier molecular flexibility index (Phi) is 24.7. The van der Waals surface area contributed by atoms with Crippen molar-refractivity contribution in [3.8, 4) is 11.5 Å². The molecule has 5 aromatic rings. The molecule has 3 aromatic carbocycles. The summed E-state index contributed by atoms with van der Waals surface area (Å²) < 4.78 is 60.8. The van der Waals surface area contributed by atoms with Gasteiger partial charge in [-0.3, -0.25) is 9.97 Å². The van der Waals surface area contributed by atoms with Crippen LogP contribution >= 0.6 is 45.2 Å². The number of unbranched alkanes of at least 4 members (excludes halogenated alkanes) is 10. The molecule has 0 bridgehead atoms. The molecule has 0 N–H and O–H groups in total. The van der Waals surface area contributed by atoms with Gasteiger partial charge in [0, 0.05) is 24.8 Å². The van der Waals surface area contributed by atoms with Gasteiger partial charge in [-0.05, 0) is 129 Å². The molecular formula is C48H54F4I2N2O2. The van der Waals surface area contributed by atoms with Crippen molar-refractivity contribution in [1.82, 2.24) is 9.97 Å². The summed E-state index contributed by atoms with van der Waals surface area (Å²) in [5.41, 5.74) is 4.66. The van der Waals surface area contributed by atoms with E-state index < -0.39 is 30.4 Å². The van der Waals surface area contributed by atoms with Gasteiger partial charge in [-0.25, -0.2) is 17.6 Å². The molecule has 0 amide bonds. The van der Waals surface area contributed by atoms with Crippen molar-refractivity contribution >= 4 is 69.5 Å². The number of halogens is 6. The van der Waals surface area contributed by atoms with Crippen LogP contribution in [0.5, 0.6) is 11.5 Å². The largest absolute Gasteiger partial charge is 0.494 e. The van der Waals surface area contributed by atoms with Crippen molar-refractivity contribution in [3.63, 3.8) is 0 Å². The fourth-order valence-corrected chi connectivity index (χ4v) is 6.35. The van der Waals surface area contributed by atoms with Crippen LogP contribution in [0, 0.1) is 30.4 Å². The van der Waals surface area contributed by atoms with Gasteiger partial charge in [0.2, 0.25) is 0 Å². The molecule has 2 heterocycles. The van der Waals surface area contributed by atoms with Crippen molar-refractivity contribution in [3.05, 3.63) is 150 Å². The van der Waals surface area contributed by atoms with Crippen molar-refractivity contribution in [2.24, 2.45) is 0 Å². The number of pyridine rings is 2. The Morgan fingerprint density at radius 3 is 1.00 bits per heavy atom. The predicted molar refractivity (Wildman–Crippen MR) is 249 cm³/mol. The highest BCUT2D eigenvalue weighted by molar-refractivity contribution is 14.1. The van der Waals surface area contributed by atoms with Crippen LogP contribution in [-0.2, 0) is 0 Å². The Morgan fingerprint density at radius 1 is 0.414 bits per heavy atom. The third-order valence-electron chi connectivity index (χ3n) is 8.80.